The summed E-state index contributed by atoms with van der Waals surface area (Å²) < 4.78 is 0. The molecular formula is C11H14Cl2N2O2. The molecule has 0 aliphatic carbocycles. The van der Waals surface area contributed by atoms with Crippen LogP contribution in [0.4, 0.5) is 0 Å². The molecule has 2 unspecified atom stereocenters. The van der Waals surface area contributed by atoms with E-state index >= 15 is 0 Å². The number of halogens is 2. The first-order chi connectivity index (χ1) is 7.91. The zero-order chi connectivity index (χ0) is 13.0. The standard InChI is InChI=1S/C11H14Cl2N2O2/c1-6(16)10(14)5-15-11(17)8-4-7(12)2-3-9(8)13/h2-4,6,10,16H,5,14H2,1H3,(H,15,17). The van der Waals surface area contributed by atoms with Crippen LogP contribution in [0.5, 0.6) is 0 Å². The summed E-state index contributed by atoms with van der Waals surface area (Å²) in [6.07, 6.45) is -0.690. The SMILES string of the molecule is CC(O)C(N)CNC(=O)c1cc(Cl)ccc1Cl. The second-order valence-electron chi connectivity index (χ2n) is 3.74. The van der Waals surface area contributed by atoms with Gasteiger partial charge in [0.1, 0.15) is 0 Å². The molecule has 4 nitrogen and oxygen atoms in total. The lowest BCUT2D eigenvalue weighted by molar-refractivity contribution is 0.0937. The Labute approximate surface area is 110 Å². The molecule has 0 fully saturated rings. The van der Waals surface area contributed by atoms with E-state index in [4.69, 9.17) is 28.9 Å². The number of nitrogens with two attached hydrogens (primary N) is 1. The normalized spacial score (nSPS) is 14.2. The van der Waals surface area contributed by atoms with Crippen molar-refractivity contribution in [1.29, 1.82) is 0 Å². The zero-order valence-corrected chi connectivity index (χ0v) is 10.8. The van der Waals surface area contributed by atoms with Crippen LogP contribution < -0.4 is 11.1 Å². The molecule has 0 heterocycles. The molecule has 0 saturated carbocycles. The van der Waals surface area contributed by atoms with Crippen LogP contribution in [0.25, 0.3) is 0 Å². The smallest absolute Gasteiger partial charge is 0.252 e. The molecule has 1 aromatic carbocycles. The highest BCUT2D eigenvalue weighted by molar-refractivity contribution is 6.35. The van der Waals surface area contributed by atoms with Crippen molar-refractivity contribution in [1.82, 2.24) is 5.32 Å². The Hall–Kier alpha value is -0.810. The lowest BCUT2D eigenvalue weighted by Crippen LogP contribution is -2.43. The second kappa shape index (κ2) is 6.21. The fourth-order valence-corrected chi connectivity index (χ4v) is 1.52. The van der Waals surface area contributed by atoms with E-state index in [9.17, 15) is 9.90 Å². The first-order valence-corrected chi connectivity index (χ1v) is 5.84. The maximum atomic E-state index is 11.8. The Morgan fingerprint density at radius 3 is 2.76 bits per heavy atom. The van der Waals surface area contributed by atoms with Crippen LogP contribution in [0.15, 0.2) is 18.2 Å². The fourth-order valence-electron chi connectivity index (χ4n) is 1.15. The molecule has 94 valence electrons. The highest BCUT2D eigenvalue weighted by atomic mass is 35.5. The van der Waals surface area contributed by atoms with E-state index in [0.717, 1.165) is 0 Å². The Morgan fingerprint density at radius 2 is 2.18 bits per heavy atom. The van der Waals surface area contributed by atoms with E-state index in [1.54, 1.807) is 19.1 Å². The number of amides is 1. The summed E-state index contributed by atoms with van der Waals surface area (Å²) in [5.74, 6) is -0.367. The van der Waals surface area contributed by atoms with Crippen molar-refractivity contribution in [2.75, 3.05) is 6.54 Å². The van der Waals surface area contributed by atoms with Gasteiger partial charge in [0.15, 0.2) is 0 Å². The van der Waals surface area contributed by atoms with E-state index < -0.39 is 12.1 Å². The minimum absolute atomic E-state index is 0.166. The van der Waals surface area contributed by atoms with Crippen molar-refractivity contribution in [3.63, 3.8) is 0 Å². The number of rotatable bonds is 4. The van der Waals surface area contributed by atoms with Crippen molar-refractivity contribution in [3.8, 4) is 0 Å². The number of carbonyl (C=O) groups excluding carboxylic acids is 1. The van der Waals surface area contributed by atoms with Gasteiger partial charge in [-0.1, -0.05) is 23.2 Å². The number of hydrogen-bond donors (Lipinski definition) is 3. The molecule has 4 N–H and O–H groups in total. The maximum absolute atomic E-state index is 11.8. The van der Waals surface area contributed by atoms with Crippen LogP contribution in [-0.4, -0.2) is 29.7 Å². The second-order valence-corrected chi connectivity index (χ2v) is 4.58. The number of hydrogen-bond acceptors (Lipinski definition) is 3. The highest BCUT2D eigenvalue weighted by Gasteiger charge is 2.14. The lowest BCUT2D eigenvalue weighted by Gasteiger charge is -2.15. The van der Waals surface area contributed by atoms with Crippen molar-refractivity contribution < 1.29 is 9.90 Å². The summed E-state index contributed by atoms with van der Waals surface area (Å²) in [6.45, 7) is 1.72. The minimum atomic E-state index is -0.690. The van der Waals surface area contributed by atoms with Crippen LogP contribution in [0.2, 0.25) is 10.0 Å². The van der Waals surface area contributed by atoms with Gasteiger partial charge in [-0.05, 0) is 25.1 Å². The molecule has 17 heavy (non-hydrogen) atoms. The maximum Gasteiger partial charge on any atom is 0.252 e. The van der Waals surface area contributed by atoms with Crippen LogP contribution in [-0.2, 0) is 0 Å². The average molecular weight is 277 g/mol. The van der Waals surface area contributed by atoms with Crippen LogP contribution in [0.3, 0.4) is 0 Å². The fraction of sp³-hybridized carbons (Fsp3) is 0.364. The molecule has 1 aromatic rings. The molecular weight excluding hydrogens is 263 g/mol. The topological polar surface area (TPSA) is 75.3 Å². The van der Waals surface area contributed by atoms with E-state index in [1.165, 1.54) is 6.07 Å². The first-order valence-electron chi connectivity index (χ1n) is 5.08. The quantitative estimate of drug-likeness (QED) is 0.779. The van der Waals surface area contributed by atoms with Crippen LogP contribution in [0, 0.1) is 0 Å². The van der Waals surface area contributed by atoms with Gasteiger partial charge in [-0.2, -0.15) is 0 Å². The van der Waals surface area contributed by atoms with E-state index in [0.29, 0.717) is 10.0 Å². The molecule has 0 saturated heterocycles. The third-order valence-electron chi connectivity index (χ3n) is 2.29. The van der Waals surface area contributed by atoms with Gasteiger partial charge in [-0.3, -0.25) is 4.79 Å². The number of carbonyl (C=O) groups is 1. The minimum Gasteiger partial charge on any atom is -0.392 e. The Kier molecular flexibility index (Phi) is 5.21. The molecule has 6 heteroatoms. The highest BCUT2D eigenvalue weighted by Crippen LogP contribution is 2.20. The van der Waals surface area contributed by atoms with Crippen LogP contribution >= 0.6 is 23.2 Å². The molecule has 0 aromatic heterocycles. The zero-order valence-electron chi connectivity index (χ0n) is 9.28. The number of nitrogens with one attached hydrogen (secondary N) is 1. The molecule has 0 spiro atoms. The van der Waals surface area contributed by atoms with Crippen LogP contribution in [0.1, 0.15) is 17.3 Å². The van der Waals surface area contributed by atoms with E-state index in [2.05, 4.69) is 5.32 Å². The summed E-state index contributed by atoms with van der Waals surface area (Å²) >= 11 is 11.6. The van der Waals surface area contributed by atoms with Gasteiger partial charge in [-0.15, -0.1) is 0 Å². The summed E-state index contributed by atoms with van der Waals surface area (Å²) in [7, 11) is 0. The van der Waals surface area contributed by atoms with Gasteiger partial charge in [0.25, 0.3) is 5.91 Å². The largest absolute Gasteiger partial charge is 0.392 e. The molecule has 2 atom stereocenters. The van der Waals surface area contributed by atoms with E-state index in [-0.39, 0.29) is 18.0 Å². The molecule has 1 rings (SSSR count). The molecule has 1 amide bonds. The van der Waals surface area contributed by atoms with E-state index in [1.807, 2.05) is 0 Å². The Balaban J connectivity index is 2.67. The average Bonchev–Trinajstić information content (AvgIpc) is 2.28. The summed E-state index contributed by atoms with van der Waals surface area (Å²) in [6, 6.07) is 4.11. The molecule has 0 bridgehead atoms. The van der Waals surface area contributed by atoms with Crippen molar-refractivity contribution in [2.24, 2.45) is 5.73 Å². The molecule has 0 aliphatic rings. The van der Waals surface area contributed by atoms with Crippen molar-refractivity contribution in [3.05, 3.63) is 33.8 Å². The van der Waals surface area contributed by atoms with Crippen molar-refractivity contribution in [2.45, 2.75) is 19.1 Å². The number of aliphatic hydroxyl groups excluding tert-OH is 1. The van der Waals surface area contributed by atoms with Gasteiger partial charge < -0.3 is 16.2 Å². The third-order valence-corrected chi connectivity index (χ3v) is 2.86. The predicted octanol–water partition coefficient (Wildman–Crippen LogP) is 1.43. The summed E-state index contributed by atoms with van der Waals surface area (Å²) in [5.41, 5.74) is 5.88. The molecule has 0 radical (unpaired) electrons. The monoisotopic (exact) mass is 276 g/mol. The first kappa shape index (κ1) is 14.3. The number of benzene rings is 1. The van der Waals surface area contributed by atoms with Gasteiger partial charge in [0.05, 0.1) is 16.7 Å². The van der Waals surface area contributed by atoms with Gasteiger partial charge in [0, 0.05) is 17.6 Å². The Morgan fingerprint density at radius 1 is 1.53 bits per heavy atom. The summed E-state index contributed by atoms with van der Waals surface area (Å²) in [5, 5.41) is 12.5. The summed E-state index contributed by atoms with van der Waals surface area (Å²) in [4.78, 5) is 11.8. The molecule has 0 aliphatic heterocycles. The van der Waals surface area contributed by atoms with Gasteiger partial charge in [-0.25, -0.2) is 0 Å². The predicted molar refractivity (Wildman–Crippen MR) is 68.5 cm³/mol. The lowest BCUT2D eigenvalue weighted by atomic mass is 10.1. The van der Waals surface area contributed by atoms with Crippen molar-refractivity contribution >= 4 is 29.1 Å². The van der Waals surface area contributed by atoms with Gasteiger partial charge in [0.2, 0.25) is 0 Å². The van der Waals surface area contributed by atoms with Gasteiger partial charge >= 0.3 is 0 Å². The third kappa shape index (κ3) is 4.16. The number of aliphatic hydroxyl groups is 1. The Bertz CT molecular complexity index is 410.